The Morgan fingerprint density at radius 2 is 1.66 bits per heavy atom. The van der Waals surface area contributed by atoms with Gasteiger partial charge in [-0.2, -0.15) is 5.10 Å². The maximum absolute atomic E-state index is 14.0. The van der Waals surface area contributed by atoms with Gasteiger partial charge in [-0.25, -0.2) is 9.07 Å². The van der Waals surface area contributed by atoms with Crippen molar-refractivity contribution in [2.75, 3.05) is 0 Å². The molecule has 0 atom stereocenters. The second-order valence-corrected chi connectivity index (χ2v) is 5.87. The Hall–Kier alpha value is -1.85. The van der Waals surface area contributed by atoms with Crippen molar-refractivity contribution in [3.05, 3.63) is 88.9 Å². The summed E-state index contributed by atoms with van der Waals surface area (Å²) in [5.41, 5.74) is 2.09. The van der Waals surface area contributed by atoms with Gasteiger partial charge in [0, 0.05) is 45.7 Å². The van der Waals surface area contributed by atoms with E-state index in [0.29, 0.717) is 17.7 Å². The van der Waals surface area contributed by atoms with E-state index in [1.54, 1.807) is 31.2 Å². The quantitative estimate of drug-likeness (QED) is 0.535. The molecule has 0 unspecified atom stereocenters. The van der Waals surface area contributed by atoms with Crippen LogP contribution in [0.4, 0.5) is 4.39 Å². The van der Waals surface area contributed by atoms with Crippen LogP contribution in [-0.2, 0) is 45.7 Å². The minimum atomic E-state index is -0.365. The summed E-state index contributed by atoms with van der Waals surface area (Å²) in [6.45, 7) is 8.05. The molecule has 2 aromatic carbocycles. The van der Waals surface area contributed by atoms with E-state index in [-0.39, 0.29) is 74.9 Å². The molecule has 4 nitrogen and oxygen atoms in total. The standard InChI is InChI=1S/C20H19FN2O2.C2H6.CH3.Y/c1-3-23-20(25)18(15-10-6-4-8-13(15)2)19(24)17(22-23)12-14-9-5-7-11-16(14)21;1-2;;/h4-11,24H,3,12H2,1-2H3;1-2H3;1H3;/q;;-1;. The number of aromatic nitrogens is 2. The van der Waals surface area contributed by atoms with Gasteiger partial charge >= 0.3 is 0 Å². The van der Waals surface area contributed by atoms with Gasteiger partial charge in [-0.1, -0.05) is 56.3 Å². The van der Waals surface area contributed by atoms with E-state index in [0.717, 1.165) is 5.56 Å². The van der Waals surface area contributed by atoms with Gasteiger partial charge in [-0.15, -0.1) is 0 Å². The largest absolute Gasteiger partial charge is 0.505 e. The van der Waals surface area contributed by atoms with Gasteiger partial charge in [-0.05, 0) is 36.6 Å². The van der Waals surface area contributed by atoms with E-state index in [1.807, 2.05) is 39.0 Å². The Labute approximate surface area is 197 Å². The molecule has 1 aromatic heterocycles. The number of aryl methyl sites for hydroxylation is 2. The zero-order chi connectivity index (χ0) is 20.0. The van der Waals surface area contributed by atoms with E-state index < -0.39 is 0 Å². The Morgan fingerprint density at radius 1 is 1.07 bits per heavy atom. The molecular formula is C23H28FN2O2Y-. The molecule has 1 heterocycles. The molecule has 0 aliphatic rings. The first kappa shape index (κ1) is 27.2. The first-order valence-corrected chi connectivity index (χ1v) is 9.15. The molecule has 0 spiro atoms. The number of rotatable bonds is 4. The normalized spacial score (nSPS) is 9.55. The van der Waals surface area contributed by atoms with Crippen LogP contribution in [0.2, 0.25) is 0 Å². The minimum absolute atomic E-state index is 0. The van der Waals surface area contributed by atoms with Gasteiger partial charge in [-0.3, -0.25) is 4.79 Å². The maximum atomic E-state index is 14.0. The van der Waals surface area contributed by atoms with Crippen molar-refractivity contribution >= 4 is 0 Å². The fraction of sp³-hybridized carbons (Fsp3) is 0.261. The summed E-state index contributed by atoms with van der Waals surface area (Å²) >= 11 is 0. The molecule has 0 saturated carbocycles. The first-order valence-electron chi connectivity index (χ1n) is 9.15. The van der Waals surface area contributed by atoms with Gasteiger partial charge in [0.15, 0.2) is 5.75 Å². The van der Waals surface area contributed by atoms with Gasteiger partial charge in [0.2, 0.25) is 0 Å². The fourth-order valence-corrected chi connectivity index (χ4v) is 2.86. The molecule has 3 aromatic rings. The Morgan fingerprint density at radius 3 is 2.24 bits per heavy atom. The zero-order valence-corrected chi connectivity index (χ0v) is 20.6. The summed E-state index contributed by atoms with van der Waals surface area (Å²) in [6.07, 6.45) is 0.109. The summed E-state index contributed by atoms with van der Waals surface area (Å²) in [5, 5.41) is 15.0. The predicted molar refractivity (Wildman–Crippen MR) is 113 cm³/mol. The topological polar surface area (TPSA) is 55.1 Å². The van der Waals surface area contributed by atoms with Crippen LogP contribution in [0.5, 0.6) is 5.75 Å². The van der Waals surface area contributed by atoms with Crippen LogP contribution in [0.25, 0.3) is 11.1 Å². The number of halogens is 1. The van der Waals surface area contributed by atoms with Crippen LogP contribution in [0, 0.1) is 20.2 Å². The summed E-state index contributed by atoms with van der Waals surface area (Å²) in [7, 11) is 0. The number of aromatic hydroxyl groups is 1. The first-order chi connectivity index (χ1) is 13.0. The van der Waals surface area contributed by atoms with Gasteiger partial charge in [0.25, 0.3) is 5.56 Å². The third kappa shape index (κ3) is 6.07. The van der Waals surface area contributed by atoms with E-state index in [9.17, 15) is 14.3 Å². The second kappa shape index (κ2) is 12.7. The third-order valence-corrected chi connectivity index (χ3v) is 4.23. The number of hydrogen-bond acceptors (Lipinski definition) is 3. The smallest absolute Gasteiger partial charge is 0.278 e. The van der Waals surface area contributed by atoms with Crippen LogP contribution >= 0.6 is 0 Å². The monoisotopic (exact) mass is 472 g/mol. The molecular weight excluding hydrogens is 444 g/mol. The maximum Gasteiger partial charge on any atom is 0.278 e. The van der Waals surface area contributed by atoms with Crippen LogP contribution in [0.1, 0.15) is 37.6 Å². The number of hydrogen-bond donors (Lipinski definition) is 1. The van der Waals surface area contributed by atoms with E-state index in [1.165, 1.54) is 10.7 Å². The molecule has 0 aliphatic carbocycles. The summed E-state index contributed by atoms with van der Waals surface area (Å²) in [6, 6.07) is 13.7. The molecule has 153 valence electrons. The van der Waals surface area contributed by atoms with Crippen molar-refractivity contribution in [3.63, 3.8) is 0 Å². The van der Waals surface area contributed by atoms with Crippen molar-refractivity contribution in [2.45, 2.75) is 40.7 Å². The minimum Gasteiger partial charge on any atom is -0.505 e. The zero-order valence-electron chi connectivity index (χ0n) is 17.7. The molecule has 29 heavy (non-hydrogen) atoms. The molecule has 6 heteroatoms. The van der Waals surface area contributed by atoms with Crippen molar-refractivity contribution in [2.24, 2.45) is 0 Å². The predicted octanol–water partition coefficient (Wildman–Crippen LogP) is 5.15. The Bertz CT molecular complexity index is 987. The number of nitrogens with zero attached hydrogens (tertiary/aromatic N) is 2. The summed E-state index contributed by atoms with van der Waals surface area (Å²) in [4.78, 5) is 12.7. The summed E-state index contributed by atoms with van der Waals surface area (Å²) < 4.78 is 15.3. The average molecular weight is 472 g/mol. The molecule has 0 amide bonds. The molecule has 0 bridgehead atoms. The van der Waals surface area contributed by atoms with Crippen molar-refractivity contribution in [1.29, 1.82) is 0 Å². The van der Waals surface area contributed by atoms with Crippen LogP contribution in [-0.4, -0.2) is 14.9 Å². The van der Waals surface area contributed by atoms with Crippen LogP contribution in [0.3, 0.4) is 0 Å². The molecule has 0 aliphatic heterocycles. The van der Waals surface area contributed by atoms with Gasteiger partial charge in [0.1, 0.15) is 11.5 Å². The van der Waals surface area contributed by atoms with E-state index >= 15 is 0 Å². The van der Waals surface area contributed by atoms with Crippen LogP contribution in [0.15, 0.2) is 53.3 Å². The SMILES string of the molecule is CC.CCn1nc(Cc2ccccc2F)c(O)c(-c2ccccc2C)c1=O.[CH3-].[Y]. The van der Waals surface area contributed by atoms with Crippen molar-refractivity contribution < 1.29 is 42.2 Å². The molecule has 1 radical (unpaired) electrons. The van der Waals surface area contributed by atoms with Crippen molar-refractivity contribution in [3.8, 4) is 16.9 Å². The molecule has 3 rings (SSSR count). The van der Waals surface area contributed by atoms with Crippen LogP contribution < -0.4 is 5.56 Å². The van der Waals surface area contributed by atoms with E-state index in [4.69, 9.17) is 0 Å². The van der Waals surface area contributed by atoms with E-state index in [2.05, 4.69) is 5.10 Å². The molecule has 1 N–H and O–H groups in total. The second-order valence-electron chi connectivity index (χ2n) is 5.87. The average Bonchev–Trinajstić information content (AvgIpc) is 2.68. The molecule has 0 saturated heterocycles. The third-order valence-electron chi connectivity index (χ3n) is 4.23. The molecule has 0 fully saturated rings. The van der Waals surface area contributed by atoms with Crippen molar-refractivity contribution in [1.82, 2.24) is 9.78 Å². The number of benzene rings is 2. The Balaban J connectivity index is 0.00000190. The fourth-order valence-electron chi connectivity index (χ4n) is 2.86. The van der Waals surface area contributed by atoms with Gasteiger partial charge in [0.05, 0.1) is 5.56 Å². The Kier molecular flexibility index (Phi) is 11.9. The van der Waals surface area contributed by atoms with Gasteiger partial charge < -0.3 is 12.5 Å². The summed E-state index contributed by atoms with van der Waals surface area (Å²) in [5.74, 6) is -0.553.